The van der Waals surface area contributed by atoms with Gasteiger partial charge in [0.05, 0.1) is 0 Å². The maximum Gasteiger partial charge on any atom is 0.225 e. The summed E-state index contributed by atoms with van der Waals surface area (Å²) >= 11 is 0. The maximum atomic E-state index is 8.56. The van der Waals surface area contributed by atoms with Crippen LogP contribution in [-0.4, -0.2) is 34.6 Å². The lowest BCUT2D eigenvalue weighted by Gasteiger charge is -2.16. The van der Waals surface area contributed by atoms with Crippen molar-refractivity contribution in [2.75, 3.05) is 18.5 Å². The minimum Gasteiger partial charge on any atom is -0.409 e. The van der Waals surface area contributed by atoms with Crippen molar-refractivity contribution in [1.29, 1.82) is 0 Å². The molecule has 2 rings (SSSR count). The Bertz CT molecular complexity index is 402. The zero-order chi connectivity index (χ0) is 11.5. The van der Waals surface area contributed by atoms with Gasteiger partial charge in [0, 0.05) is 19.8 Å². The fraction of sp³-hybridized carbons (Fsp3) is 0.500. The summed E-state index contributed by atoms with van der Waals surface area (Å²) in [7, 11) is 1.95. The second kappa shape index (κ2) is 4.34. The van der Waals surface area contributed by atoms with E-state index in [1.54, 1.807) is 12.3 Å². The predicted octanol–water partition coefficient (Wildman–Crippen LogP) is 0.417. The van der Waals surface area contributed by atoms with Gasteiger partial charge in [-0.15, -0.1) is 0 Å². The molecule has 86 valence electrons. The first-order chi connectivity index (χ1) is 7.70. The Kier molecular flexibility index (Phi) is 2.89. The van der Waals surface area contributed by atoms with Crippen LogP contribution in [0.3, 0.4) is 0 Å². The lowest BCUT2D eigenvalue weighted by atomic mass is 10.3. The van der Waals surface area contributed by atoms with Gasteiger partial charge in [-0.05, 0) is 24.8 Å². The minimum atomic E-state index is 0.00321. The highest BCUT2D eigenvalue weighted by Crippen LogP contribution is 2.30. The number of oxime groups is 1. The van der Waals surface area contributed by atoms with Gasteiger partial charge < -0.3 is 15.8 Å². The van der Waals surface area contributed by atoms with Crippen molar-refractivity contribution in [2.24, 2.45) is 16.8 Å². The number of hydrogen-bond acceptors (Lipinski definition) is 5. The first-order valence-corrected chi connectivity index (χ1v) is 5.23. The number of nitrogens with zero attached hydrogens (tertiary/aromatic N) is 4. The quantitative estimate of drug-likeness (QED) is 0.333. The van der Waals surface area contributed by atoms with Crippen molar-refractivity contribution in [2.45, 2.75) is 12.8 Å². The molecule has 1 aliphatic carbocycles. The Balaban J connectivity index is 2.13. The maximum absolute atomic E-state index is 8.56. The fourth-order valence-electron chi connectivity index (χ4n) is 1.50. The number of hydrogen-bond donors (Lipinski definition) is 2. The highest BCUT2D eigenvalue weighted by atomic mass is 16.4. The topological polar surface area (TPSA) is 87.6 Å². The molecule has 0 amide bonds. The van der Waals surface area contributed by atoms with Crippen LogP contribution in [0.5, 0.6) is 0 Å². The highest BCUT2D eigenvalue weighted by Gasteiger charge is 2.23. The molecular formula is C10H15N5O. The molecule has 0 atom stereocenters. The Morgan fingerprint density at radius 2 is 2.44 bits per heavy atom. The monoisotopic (exact) mass is 221 g/mol. The lowest BCUT2D eigenvalue weighted by molar-refractivity contribution is 0.318. The van der Waals surface area contributed by atoms with Gasteiger partial charge in [0.25, 0.3) is 0 Å². The van der Waals surface area contributed by atoms with Gasteiger partial charge in [0.2, 0.25) is 5.95 Å². The second-order valence-electron chi connectivity index (χ2n) is 4.05. The molecule has 0 aliphatic heterocycles. The van der Waals surface area contributed by atoms with Crippen LogP contribution in [0.1, 0.15) is 18.5 Å². The molecule has 0 unspecified atom stereocenters. The molecular weight excluding hydrogens is 206 g/mol. The van der Waals surface area contributed by atoms with Crippen molar-refractivity contribution in [3.8, 4) is 0 Å². The molecule has 1 aliphatic rings. The van der Waals surface area contributed by atoms with E-state index in [4.69, 9.17) is 10.9 Å². The highest BCUT2D eigenvalue weighted by molar-refractivity contribution is 5.95. The van der Waals surface area contributed by atoms with E-state index in [-0.39, 0.29) is 5.84 Å². The van der Waals surface area contributed by atoms with Crippen LogP contribution in [0.2, 0.25) is 0 Å². The van der Waals surface area contributed by atoms with E-state index in [9.17, 15) is 0 Å². The predicted molar refractivity (Wildman–Crippen MR) is 60.5 cm³/mol. The Labute approximate surface area is 93.8 Å². The van der Waals surface area contributed by atoms with Gasteiger partial charge in [-0.2, -0.15) is 0 Å². The Morgan fingerprint density at radius 3 is 3.06 bits per heavy atom. The van der Waals surface area contributed by atoms with Crippen LogP contribution in [0.15, 0.2) is 17.4 Å². The average molecular weight is 221 g/mol. The van der Waals surface area contributed by atoms with Crippen LogP contribution in [-0.2, 0) is 0 Å². The third-order valence-electron chi connectivity index (χ3n) is 2.58. The van der Waals surface area contributed by atoms with Crippen molar-refractivity contribution in [1.82, 2.24) is 9.97 Å². The van der Waals surface area contributed by atoms with Gasteiger partial charge in [0.15, 0.2) is 5.84 Å². The third kappa shape index (κ3) is 2.39. The summed E-state index contributed by atoms with van der Waals surface area (Å²) in [6.45, 7) is 0.958. The molecule has 1 aromatic rings. The number of anilines is 1. The first-order valence-electron chi connectivity index (χ1n) is 5.23. The zero-order valence-electron chi connectivity index (χ0n) is 9.17. The molecule has 0 saturated heterocycles. The van der Waals surface area contributed by atoms with E-state index in [1.165, 1.54) is 12.8 Å². The third-order valence-corrected chi connectivity index (χ3v) is 2.58. The lowest BCUT2D eigenvalue weighted by Crippen LogP contribution is -2.24. The van der Waals surface area contributed by atoms with E-state index in [0.717, 1.165) is 12.5 Å². The Hall–Kier alpha value is -1.85. The SMILES string of the molecule is CN(CC1CC1)c1nccc(/C(N)=N/O)n1. The second-order valence-corrected chi connectivity index (χ2v) is 4.05. The summed E-state index contributed by atoms with van der Waals surface area (Å²) < 4.78 is 0. The zero-order valence-corrected chi connectivity index (χ0v) is 9.17. The molecule has 16 heavy (non-hydrogen) atoms. The molecule has 1 aromatic heterocycles. The normalized spacial score (nSPS) is 16.2. The summed E-state index contributed by atoms with van der Waals surface area (Å²) in [5.41, 5.74) is 5.91. The number of rotatable bonds is 4. The van der Waals surface area contributed by atoms with Crippen LogP contribution in [0.4, 0.5) is 5.95 Å². The molecule has 1 heterocycles. The largest absolute Gasteiger partial charge is 0.409 e. The van der Waals surface area contributed by atoms with Gasteiger partial charge in [-0.1, -0.05) is 5.16 Å². The summed E-state index contributed by atoms with van der Waals surface area (Å²) in [6, 6.07) is 1.61. The molecule has 1 saturated carbocycles. The van der Waals surface area contributed by atoms with E-state index in [2.05, 4.69) is 15.1 Å². The van der Waals surface area contributed by atoms with Gasteiger partial charge in [-0.25, -0.2) is 9.97 Å². The molecule has 0 aromatic carbocycles. The van der Waals surface area contributed by atoms with Crippen LogP contribution in [0, 0.1) is 5.92 Å². The van der Waals surface area contributed by atoms with Crippen molar-refractivity contribution in [3.63, 3.8) is 0 Å². The van der Waals surface area contributed by atoms with Crippen LogP contribution < -0.4 is 10.6 Å². The van der Waals surface area contributed by atoms with E-state index < -0.39 is 0 Å². The first kappa shape index (κ1) is 10.7. The average Bonchev–Trinajstić information content (AvgIpc) is 3.12. The Morgan fingerprint density at radius 1 is 1.69 bits per heavy atom. The van der Waals surface area contributed by atoms with Gasteiger partial charge >= 0.3 is 0 Å². The summed E-state index contributed by atoms with van der Waals surface area (Å²) in [4.78, 5) is 10.4. The summed E-state index contributed by atoms with van der Waals surface area (Å²) in [6.07, 6.45) is 4.17. The summed E-state index contributed by atoms with van der Waals surface area (Å²) in [5, 5.41) is 11.5. The molecule has 0 radical (unpaired) electrons. The van der Waals surface area contributed by atoms with Crippen molar-refractivity contribution >= 4 is 11.8 Å². The van der Waals surface area contributed by atoms with Gasteiger partial charge in [-0.3, -0.25) is 0 Å². The standard InChI is InChI=1S/C10H15N5O/c1-15(6-7-2-3-7)10-12-5-4-8(13-10)9(11)14-16/h4-5,7,16H,2-3,6H2,1H3,(H2,11,14). The van der Waals surface area contributed by atoms with Gasteiger partial charge in [0.1, 0.15) is 5.69 Å². The van der Waals surface area contributed by atoms with E-state index in [1.807, 2.05) is 11.9 Å². The smallest absolute Gasteiger partial charge is 0.225 e. The van der Waals surface area contributed by atoms with Crippen LogP contribution >= 0.6 is 0 Å². The molecule has 0 spiro atoms. The fourth-order valence-corrected chi connectivity index (χ4v) is 1.50. The molecule has 1 fully saturated rings. The number of nitrogens with two attached hydrogens (primary N) is 1. The number of amidine groups is 1. The van der Waals surface area contributed by atoms with Crippen molar-refractivity contribution < 1.29 is 5.21 Å². The minimum absolute atomic E-state index is 0.00321. The molecule has 0 bridgehead atoms. The molecule has 3 N–H and O–H groups in total. The van der Waals surface area contributed by atoms with E-state index >= 15 is 0 Å². The van der Waals surface area contributed by atoms with Crippen LogP contribution in [0.25, 0.3) is 0 Å². The summed E-state index contributed by atoms with van der Waals surface area (Å²) in [5.74, 6) is 1.38. The number of aromatic nitrogens is 2. The molecule has 6 heteroatoms. The van der Waals surface area contributed by atoms with E-state index in [0.29, 0.717) is 11.6 Å². The van der Waals surface area contributed by atoms with Crippen molar-refractivity contribution in [3.05, 3.63) is 18.0 Å². The molecule has 6 nitrogen and oxygen atoms in total.